The minimum absolute atomic E-state index is 0.0412. The largest absolute Gasteiger partial charge is 0.347 e. The van der Waals surface area contributed by atoms with E-state index in [0.29, 0.717) is 5.56 Å². The number of hydrogen-bond acceptors (Lipinski definition) is 1. The van der Waals surface area contributed by atoms with Gasteiger partial charge in [0, 0.05) is 11.1 Å². The second-order valence-corrected chi connectivity index (χ2v) is 6.94. The molecule has 3 aromatic rings. The fourth-order valence-electron chi connectivity index (χ4n) is 2.97. The zero-order chi connectivity index (χ0) is 17.7. The van der Waals surface area contributed by atoms with Gasteiger partial charge in [-0.05, 0) is 49.1 Å². The monoisotopic (exact) mass is 329 g/mol. The highest BCUT2D eigenvalue weighted by Gasteiger charge is 2.21. The summed E-state index contributed by atoms with van der Waals surface area (Å²) in [5.74, 6) is -0.0412. The Morgan fingerprint density at radius 3 is 1.88 bits per heavy atom. The third kappa shape index (κ3) is 4.57. The van der Waals surface area contributed by atoms with Gasteiger partial charge in [0.05, 0.1) is 0 Å². The van der Waals surface area contributed by atoms with Gasteiger partial charge in [0.15, 0.2) is 0 Å². The molecule has 1 N–H and O–H groups in total. The Kier molecular flexibility index (Phi) is 4.99. The fraction of sp³-hybridized carbons (Fsp3) is 0.174. The smallest absolute Gasteiger partial charge is 0.251 e. The molecule has 0 radical (unpaired) electrons. The lowest BCUT2D eigenvalue weighted by molar-refractivity contribution is 0.0913. The molecule has 126 valence electrons. The van der Waals surface area contributed by atoms with Crippen LogP contribution in [-0.2, 0) is 6.42 Å². The van der Waals surface area contributed by atoms with E-state index in [1.165, 1.54) is 5.56 Å². The number of hydrogen-bond donors (Lipinski definition) is 1. The molecule has 0 unspecified atom stereocenters. The maximum Gasteiger partial charge on any atom is 0.251 e. The first-order valence-corrected chi connectivity index (χ1v) is 8.55. The minimum atomic E-state index is -0.309. The van der Waals surface area contributed by atoms with Gasteiger partial charge < -0.3 is 5.32 Å². The van der Waals surface area contributed by atoms with Crippen LogP contribution >= 0.6 is 0 Å². The zero-order valence-corrected chi connectivity index (χ0v) is 14.7. The summed E-state index contributed by atoms with van der Waals surface area (Å²) in [4.78, 5) is 12.6. The molecule has 3 rings (SSSR count). The second-order valence-electron chi connectivity index (χ2n) is 6.94. The van der Waals surface area contributed by atoms with Crippen molar-refractivity contribution in [3.05, 3.63) is 96.1 Å². The number of nitrogens with one attached hydrogen (secondary N) is 1. The van der Waals surface area contributed by atoms with Crippen LogP contribution in [0.2, 0.25) is 0 Å². The molecule has 0 heterocycles. The third-order valence-electron chi connectivity index (χ3n) is 4.20. The van der Waals surface area contributed by atoms with Crippen molar-refractivity contribution in [2.45, 2.75) is 25.8 Å². The molecule has 0 saturated carbocycles. The van der Waals surface area contributed by atoms with E-state index >= 15 is 0 Å². The van der Waals surface area contributed by atoms with E-state index in [2.05, 4.69) is 43.4 Å². The third-order valence-corrected chi connectivity index (χ3v) is 4.20. The van der Waals surface area contributed by atoms with Gasteiger partial charge in [0.25, 0.3) is 5.91 Å². The van der Waals surface area contributed by atoms with Gasteiger partial charge >= 0.3 is 0 Å². The second kappa shape index (κ2) is 7.35. The number of carbonyl (C=O) groups is 1. The molecule has 0 aliphatic heterocycles. The maximum absolute atomic E-state index is 12.6. The minimum Gasteiger partial charge on any atom is -0.347 e. The molecule has 0 spiro atoms. The molecule has 0 bridgehead atoms. The first-order valence-electron chi connectivity index (χ1n) is 8.55. The highest BCUT2D eigenvalue weighted by atomic mass is 16.1. The van der Waals surface area contributed by atoms with E-state index in [1.54, 1.807) is 0 Å². The summed E-state index contributed by atoms with van der Waals surface area (Å²) in [5, 5.41) is 3.14. The quantitative estimate of drug-likeness (QED) is 0.693. The van der Waals surface area contributed by atoms with Crippen molar-refractivity contribution in [1.82, 2.24) is 5.32 Å². The summed E-state index contributed by atoms with van der Waals surface area (Å²) in [5.41, 5.74) is 3.85. The van der Waals surface area contributed by atoms with Crippen molar-refractivity contribution in [3.63, 3.8) is 0 Å². The highest BCUT2D eigenvalue weighted by molar-refractivity contribution is 5.95. The molecular weight excluding hydrogens is 306 g/mol. The van der Waals surface area contributed by atoms with Gasteiger partial charge in [-0.1, -0.05) is 72.8 Å². The summed E-state index contributed by atoms with van der Waals surface area (Å²) in [6.07, 6.45) is 0.793. The summed E-state index contributed by atoms with van der Waals surface area (Å²) in [6, 6.07) is 28.1. The average molecular weight is 329 g/mol. The molecule has 1 amide bonds. The van der Waals surface area contributed by atoms with E-state index in [1.807, 2.05) is 60.7 Å². The Labute approximate surface area is 149 Å². The van der Waals surface area contributed by atoms with Gasteiger partial charge in [-0.25, -0.2) is 0 Å². The lowest BCUT2D eigenvalue weighted by Crippen LogP contribution is -2.45. The molecule has 0 saturated heterocycles. The predicted octanol–water partition coefficient (Wildman–Crippen LogP) is 5.10. The fourth-order valence-corrected chi connectivity index (χ4v) is 2.97. The standard InChI is InChI=1S/C23H23NO/c1-23(2,17-18-9-5-3-6-10-18)24-22(25)21-15-13-20(14-16-21)19-11-7-4-8-12-19/h3-16H,17H2,1-2H3,(H,24,25). The SMILES string of the molecule is CC(C)(Cc1ccccc1)NC(=O)c1ccc(-c2ccccc2)cc1. The van der Waals surface area contributed by atoms with Crippen LogP contribution in [0.5, 0.6) is 0 Å². The molecule has 0 aliphatic carbocycles. The van der Waals surface area contributed by atoms with E-state index in [9.17, 15) is 4.79 Å². The van der Waals surface area contributed by atoms with Crippen LogP contribution in [0.3, 0.4) is 0 Å². The van der Waals surface area contributed by atoms with E-state index in [4.69, 9.17) is 0 Å². The van der Waals surface area contributed by atoms with Crippen LogP contribution < -0.4 is 5.32 Å². The Morgan fingerprint density at radius 2 is 1.28 bits per heavy atom. The van der Waals surface area contributed by atoms with Crippen LogP contribution in [0.25, 0.3) is 11.1 Å². The maximum atomic E-state index is 12.6. The van der Waals surface area contributed by atoms with Gasteiger partial charge in [0.1, 0.15) is 0 Å². The van der Waals surface area contributed by atoms with Crippen molar-refractivity contribution in [2.75, 3.05) is 0 Å². The molecule has 2 nitrogen and oxygen atoms in total. The van der Waals surface area contributed by atoms with Gasteiger partial charge in [-0.15, -0.1) is 0 Å². The van der Waals surface area contributed by atoms with Crippen LogP contribution in [0.1, 0.15) is 29.8 Å². The molecule has 3 aromatic carbocycles. The number of amides is 1. The predicted molar refractivity (Wildman–Crippen MR) is 104 cm³/mol. The highest BCUT2D eigenvalue weighted by Crippen LogP contribution is 2.20. The van der Waals surface area contributed by atoms with E-state index in [0.717, 1.165) is 17.5 Å². The lowest BCUT2D eigenvalue weighted by Gasteiger charge is -2.26. The Hall–Kier alpha value is -2.87. The Bertz CT molecular complexity index is 821. The van der Waals surface area contributed by atoms with Crippen LogP contribution in [0.4, 0.5) is 0 Å². The molecule has 0 aliphatic rings. The topological polar surface area (TPSA) is 29.1 Å². The van der Waals surface area contributed by atoms with E-state index < -0.39 is 0 Å². The Morgan fingerprint density at radius 1 is 0.760 bits per heavy atom. The van der Waals surface area contributed by atoms with Gasteiger partial charge in [-0.2, -0.15) is 0 Å². The molecule has 0 fully saturated rings. The Balaban J connectivity index is 1.68. The van der Waals surface area contributed by atoms with E-state index in [-0.39, 0.29) is 11.4 Å². The van der Waals surface area contributed by atoms with Crippen molar-refractivity contribution in [2.24, 2.45) is 0 Å². The van der Waals surface area contributed by atoms with Crippen molar-refractivity contribution in [1.29, 1.82) is 0 Å². The van der Waals surface area contributed by atoms with Crippen molar-refractivity contribution in [3.8, 4) is 11.1 Å². The van der Waals surface area contributed by atoms with Gasteiger partial charge in [-0.3, -0.25) is 4.79 Å². The molecule has 25 heavy (non-hydrogen) atoms. The van der Waals surface area contributed by atoms with Crippen LogP contribution in [-0.4, -0.2) is 11.4 Å². The normalized spacial score (nSPS) is 11.1. The first-order chi connectivity index (χ1) is 12.0. The number of rotatable bonds is 5. The summed E-state index contributed by atoms with van der Waals surface area (Å²) >= 11 is 0. The molecule has 0 atom stereocenters. The van der Waals surface area contributed by atoms with Crippen LogP contribution in [0, 0.1) is 0 Å². The molecular formula is C23H23NO. The van der Waals surface area contributed by atoms with Crippen molar-refractivity contribution >= 4 is 5.91 Å². The summed E-state index contributed by atoms with van der Waals surface area (Å²) < 4.78 is 0. The lowest BCUT2D eigenvalue weighted by atomic mass is 9.94. The number of carbonyl (C=O) groups excluding carboxylic acids is 1. The number of benzene rings is 3. The van der Waals surface area contributed by atoms with Crippen molar-refractivity contribution < 1.29 is 4.79 Å². The van der Waals surface area contributed by atoms with Crippen LogP contribution in [0.15, 0.2) is 84.9 Å². The average Bonchev–Trinajstić information content (AvgIpc) is 2.62. The molecule has 2 heteroatoms. The van der Waals surface area contributed by atoms with Gasteiger partial charge in [0.2, 0.25) is 0 Å². The summed E-state index contributed by atoms with van der Waals surface area (Å²) in [7, 11) is 0. The summed E-state index contributed by atoms with van der Waals surface area (Å²) in [6.45, 7) is 4.10. The molecule has 0 aromatic heterocycles. The zero-order valence-electron chi connectivity index (χ0n) is 14.7. The first kappa shape index (κ1) is 17.0.